The van der Waals surface area contributed by atoms with Crippen LogP contribution in [0.5, 0.6) is 0 Å². The molecule has 0 aliphatic heterocycles. The number of nitrogens with one attached hydrogen (secondary N) is 2. The van der Waals surface area contributed by atoms with Gasteiger partial charge < -0.3 is 21.8 Å². The van der Waals surface area contributed by atoms with Gasteiger partial charge in [0.2, 0.25) is 41.6 Å². The Hall–Kier alpha value is -5.42. The van der Waals surface area contributed by atoms with Gasteiger partial charge in [0.25, 0.3) is 0 Å². The molecule has 4 aromatic rings. The SMILES string of the molecule is CCCCCCCCCCCc1nccn1CCc1nc(N)nc(N)n1.CCCCCCCc1nc(N)nc(CCCCCCC)n1.CCCCCCCc1nc(NC(C)=O)nc(NC(C)=O)n1. The van der Waals surface area contributed by atoms with Crippen LogP contribution >= 0.6 is 0 Å². The first-order valence-corrected chi connectivity index (χ1v) is 26.0. The van der Waals surface area contributed by atoms with Crippen LogP contribution in [0.4, 0.5) is 29.7 Å². The maximum atomic E-state index is 11.1. The van der Waals surface area contributed by atoms with E-state index >= 15 is 0 Å². The number of unbranched alkanes of at least 4 members (excludes halogenated alkanes) is 20. The molecule has 0 radical (unpaired) electrons. The van der Waals surface area contributed by atoms with E-state index in [4.69, 9.17) is 17.2 Å². The lowest BCUT2D eigenvalue weighted by molar-refractivity contribution is -0.115. The van der Waals surface area contributed by atoms with Crippen molar-refractivity contribution in [2.24, 2.45) is 0 Å². The maximum Gasteiger partial charge on any atom is 0.234 e. The molecule has 68 heavy (non-hydrogen) atoms. The van der Waals surface area contributed by atoms with Crippen LogP contribution in [-0.4, -0.2) is 66.2 Å². The van der Waals surface area contributed by atoms with Gasteiger partial charge in [0, 0.05) is 64.9 Å². The zero-order valence-electron chi connectivity index (χ0n) is 42.8. The summed E-state index contributed by atoms with van der Waals surface area (Å²) in [6.07, 6.45) is 38.5. The van der Waals surface area contributed by atoms with Crippen molar-refractivity contribution < 1.29 is 9.59 Å². The molecule has 380 valence electrons. The Kier molecular flexibility index (Phi) is 32.4. The standard InChI is InChI=1S/C19H33N7.C17H32N4.C14H23N5O2/c1-2-3-4-5-6-7-8-9-10-11-17-22-13-15-26(17)14-12-16-23-18(20)25-19(21)24-16;1-3-5-7-9-11-13-15-19-16(21-17(18)20-15)14-12-10-8-6-4-2;1-4-5-6-7-8-9-12-17-13(15-10(2)20)19-14(18-12)16-11(3)21/h13,15H,2-12,14H2,1H3,(H4,20,21,23,24,25);3-14H2,1-2H3,(H2,18,19,20,21);4-9H2,1-3H3,(H2,15,16,17,18,19,20,21). The molecule has 4 aromatic heterocycles. The summed E-state index contributed by atoms with van der Waals surface area (Å²) in [4.78, 5) is 64.2. The lowest BCUT2D eigenvalue weighted by atomic mass is 10.1. The number of aromatic nitrogens is 11. The zero-order valence-corrected chi connectivity index (χ0v) is 42.8. The van der Waals surface area contributed by atoms with Crippen LogP contribution in [0, 0.1) is 0 Å². The van der Waals surface area contributed by atoms with Gasteiger partial charge in [0.1, 0.15) is 29.1 Å². The van der Waals surface area contributed by atoms with E-state index in [1.54, 1.807) is 0 Å². The van der Waals surface area contributed by atoms with Crippen LogP contribution in [-0.2, 0) is 48.2 Å². The molecular formula is C50H88N16O2. The number of rotatable bonds is 33. The normalized spacial score (nSPS) is 10.8. The molecule has 0 unspecified atom stereocenters. The number of anilines is 5. The minimum absolute atomic E-state index is 0.171. The fourth-order valence-corrected chi connectivity index (χ4v) is 7.48. The minimum Gasteiger partial charge on any atom is -0.368 e. The number of hydrogen-bond donors (Lipinski definition) is 5. The van der Waals surface area contributed by atoms with Gasteiger partial charge in [0.15, 0.2) is 0 Å². The van der Waals surface area contributed by atoms with E-state index in [0.29, 0.717) is 30.4 Å². The summed E-state index contributed by atoms with van der Waals surface area (Å²) >= 11 is 0. The Labute approximate surface area is 408 Å². The molecule has 0 fully saturated rings. The largest absolute Gasteiger partial charge is 0.368 e. The number of carbonyl (C=O) groups excluding carboxylic acids is 2. The van der Waals surface area contributed by atoms with E-state index in [0.717, 1.165) is 69.0 Å². The van der Waals surface area contributed by atoms with Crippen molar-refractivity contribution in [2.75, 3.05) is 27.8 Å². The highest BCUT2D eigenvalue weighted by molar-refractivity contribution is 5.88. The molecule has 2 amide bonds. The van der Waals surface area contributed by atoms with Crippen LogP contribution in [0.15, 0.2) is 12.4 Å². The molecule has 0 aromatic carbocycles. The van der Waals surface area contributed by atoms with Gasteiger partial charge in [-0.1, -0.05) is 156 Å². The van der Waals surface area contributed by atoms with Gasteiger partial charge in [-0.25, -0.2) is 9.97 Å². The monoisotopic (exact) mass is 945 g/mol. The third kappa shape index (κ3) is 29.4. The number of carbonyl (C=O) groups is 2. The van der Waals surface area contributed by atoms with Crippen molar-refractivity contribution in [1.82, 2.24) is 54.4 Å². The second kappa shape index (κ2) is 37.5. The lowest BCUT2D eigenvalue weighted by Gasteiger charge is -2.08. The first kappa shape index (κ1) is 58.7. The Balaban J connectivity index is 0.000000353. The van der Waals surface area contributed by atoms with Crippen molar-refractivity contribution in [3.8, 4) is 0 Å². The Bertz CT molecular complexity index is 1850. The average Bonchev–Trinajstić information content (AvgIpc) is 3.74. The van der Waals surface area contributed by atoms with Gasteiger partial charge in [-0.05, 0) is 25.7 Å². The van der Waals surface area contributed by atoms with Crippen LogP contribution in [0.25, 0.3) is 0 Å². The fraction of sp³-hybridized carbons (Fsp3) is 0.720. The summed E-state index contributed by atoms with van der Waals surface area (Å²) in [6.45, 7) is 12.4. The molecule has 4 rings (SSSR count). The van der Waals surface area contributed by atoms with E-state index in [-0.39, 0.29) is 35.6 Å². The first-order valence-electron chi connectivity index (χ1n) is 26.0. The summed E-state index contributed by atoms with van der Waals surface area (Å²) < 4.78 is 2.17. The first-order chi connectivity index (χ1) is 33.0. The van der Waals surface area contributed by atoms with Crippen molar-refractivity contribution >= 4 is 41.6 Å². The van der Waals surface area contributed by atoms with E-state index in [1.807, 2.05) is 12.4 Å². The van der Waals surface area contributed by atoms with E-state index in [9.17, 15) is 9.59 Å². The average molecular weight is 945 g/mol. The third-order valence-electron chi connectivity index (χ3n) is 11.1. The zero-order chi connectivity index (χ0) is 49.6. The maximum absolute atomic E-state index is 11.1. The molecule has 0 bridgehead atoms. The van der Waals surface area contributed by atoms with Gasteiger partial charge in [-0.2, -0.15) is 39.9 Å². The summed E-state index contributed by atoms with van der Waals surface area (Å²) in [6, 6.07) is 0. The number of nitrogens with two attached hydrogens (primary N) is 3. The van der Waals surface area contributed by atoms with Crippen LogP contribution < -0.4 is 27.8 Å². The highest BCUT2D eigenvalue weighted by Gasteiger charge is 2.10. The summed E-state index contributed by atoms with van der Waals surface area (Å²) in [5.74, 6) is 4.64. The number of aryl methyl sites for hydroxylation is 6. The number of nitrogen functional groups attached to an aromatic ring is 3. The van der Waals surface area contributed by atoms with Crippen molar-refractivity contribution in [2.45, 2.75) is 234 Å². The molecule has 4 heterocycles. The van der Waals surface area contributed by atoms with Gasteiger partial charge in [-0.15, -0.1) is 0 Å². The third-order valence-corrected chi connectivity index (χ3v) is 11.1. The molecule has 0 aliphatic rings. The van der Waals surface area contributed by atoms with Crippen LogP contribution in [0.3, 0.4) is 0 Å². The Morgan fingerprint density at radius 1 is 0.426 bits per heavy atom. The molecule has 0 saturated carbocycles. The summed E-state index contributed by atoms with van der Waals surface area (Å²) in [5.41, 5.74) is 17.0. The quantitative estimate of drug-likeness (QED) is 0.0278. The molecule has 0 atom stereocenters. The topological polar surface area (TPSA) is 270 Å². The molecule has 0 saturated heterocycles. The van der Waals surface area contributed by atoms with Crippen molar-refractivity contribution in [3.63, 3.8) is 0 Å². The minimum atomic E-state index is -0.260. The van der Waals surface area contributed by atoms with Crippen LogP contribution in [0.2, 0.25) is 0 Å². The van der Waals surface area contributed by atoms with E-state index in [2.05, 4.69) is 92.7 Å². The van der Waals surface area contributed by atoms with Gasteiger partial charge >= 0.3 is 0 Å². The number of nitrogens with zero attached hydrogens (tertiary/aromatic N) is 11. The van der Waals surface area contributed by atoms with Crippen molar-refractivity contribution in [3.05, 3.63) is 41.5 Å². The second-order valence-corrected chi connectivity index (χ2v) is 17.6. The van der Waals surface area contributed by atoms with Crippen LogP contribution in [0.1, 0.15) is 225 Å². The molecule has 18 heteroatoms. The lowest BCUT2D eigenvalue weighted by Crippen LogP contribution is -2.16. The summed E-state index contributed by atoms with van der Waals surface area (Å²) in [5, 5.41) is 5.03. The van der Waals surface area contributed by atoms with E-state index in [1.165, 1.54) is 142 Å². The number of hydrogen-bond acceptors (Lipinski definition) is 15. The number of imidazole rings is 1. The van der Waals surface area contributed by atoms with E-state index < -0.39 is 0 Å². The highest BCUT2D eigenvalue weighted by atomic mass is 16.2. The molecule has 0 spiro atoms. The Morgan fingerprint density at radius 2 is 0.765 bits per heavy atom. The predicted octanol–water partition coefficient (Wildman–Crippen LogP) is 10.3. The van der Waals surface area contributed by atoms with Gasteiger partial charge in [-0.3, -0.25) is 20.2 Å². The fourth-order valence-electron chi connectivity index (χ4n) is 7.48. The molecule has 8 N–H and O–H groups in total. The van der Waals surface area contributed by atoms with Crippen molar-refractivity contribution in [1.29, 1.82) is 0 Å². The predicted molar refractivity (Wildman–Crippen MR) is 276 cm³/mol. The molecule has 18 nitrogen and oxygen atoms in total. The smallest absolute Gasteiger partial charge is 0.234 e. The second-order valence-electron chi connectivity index (χ2n) is 17.6. The molecular weight excluding hydrogens is 857 g/mol. The molecule has 0 aliphatic carbocycles. The summed E-state index contributed by atoms with van der Waals surface area (Å²) in [7, 11) is 0. The van der Waals surface area contributed by atoms with Gasteiger partial charge in [0.05, 0.1) is 0 Å². The number of amides is 2. The Morgan fingerprint density at radius 3 is 1.16 bits per heavy atom. The highest BCUT2D eigenvalue weighted by Crippen LogP contribution is 2.14.